The lowest BCUT2D eigenvalue weighted by molar-refractivity contribution is 0.0601. The third kappa shape index (κ3) is 5.88. The van der Waals surface area contributed by atoms with Crippen LogP contribution >= 0.6 is 0 Å². The number of carbonyl (C=O) groups is 3. The van der Waals surface area contributed by atoms with Gasteiger partial charge in [0.2, 0.25) is 0 Å². The molecule has 1 aromatic heterocycles. The van der Waals surface area contributed by atoms with Crippen LogP contribution in [0.1, 0.15) is 37.8 Å². The van der Waals surface area contributed by atoms with Crippen molar-refractivity contribution < 1.29 is 19.1 Å². The van der Waals surface area contributed by atoms with Crippen molar-refractivity contribution in [1.29, 1.82) is 0 Å². The van der Waals surface area contributed by atoms with Gasteiger partial charge in [0.25, 0.3) is 11.8 Å². The Morgan fingerprint density at radius 2 is 1.68 bits per heavy atom. The third-order valence-corrected chi connectivity index (χ3v) is 3.86. The highest BCUT2D eigenvalue weighted by molar-refractivity contribution is 6.07. The number of para-hydroxylation sites is 1. The molecule has 0 saturated heterocycles. The number of nitrogens with zero attached hydrogens (tertiary/aromatic N) is 2. The third-order valence-electron chi connectivity index (χ3n) is 3.86. The Hall–Kier alpha value is -3.26. The lowest BCUT2D eigenvalue weighted by Gasteiger charge is -2.11. The summed E-state index contributed by atoms with van der Waals surface area (Å²) in [5.41, 5.74) is 0.757. The van der Waals surface area contributed by atoms with Gasteiger partial charge in [-0.1, -0.05) is 18.2 Å². The minimum absolute atomic E-state index is 0.0700. The average molecular weight is 384 g/mol. The molecule has 0 atom stereocenters. The van der Waals surface area contributed by atoms with Crippen molar-refractivity contribution in [1.82, 2.24) is 15.2 Å². The zero-order valence-corrected chi connectivity index (χ0v) is 16.2. The van der Waals surface area contributed by atoms with E-state index < -0.39 is 11.9 Å². The van der Waals surface area contributed by atoms with Crippen LogP contribution in [0.2, 0.25) is 0 Å². The minimum Gasteiger partial charge on any atom is -0.465 e. The smallest absolute Gasteiger partial charge is 0.339 e. The summed E-state index contributed by atoms with van der Waals surface area (Å²) in [4.78, 5) is 42.7. The summed E-state index contributed by atoms with van der Waals surface area (Å²) in [6.07, 6.45) is 0.809. The molecule has 0 aliphatic heterocycles. The molecule has 2 aromatic rings. The van der Waals surface area contributed by atoms with E-state index in [-0.39, 0.29) is 22.9 Å². The molecule has 2 rings (SSSR count). The molecule has 0 aliphatic rings. The van der Waals surface area contributed by atoms with E-state index in [2.05, 4.69) is 15.6 Å². The van der Waals surface area contributed by atoms with Crippen LogP contribution in [0.25, 0.3) is 0 Å². The number of rotatable bonds is 8. The fraction of sp³-hybridized carbons (Fsp3) is 0.300. The lowest BCUT2D eigenvalue weighted by Crippen LogP contribution is -2.28. The maximum Gasteiger partial charge on any atom is 0.339 e. The number of pyridine rings is 1. The van der Waals surface area contributed by atoms with E-state index in [1.807, 2.05) is 19.0 Å². The van der Waals surface area contributed by atoms with Crippen LogP contribution < -0.4 is 10.6 Å². The van der Waals surface area contributed by atoms with Crippen LogP contribution in [0.3, 0.4) is 0 Å². The maximum atomic E-state index is 12.5. The summed E-state index contributed by atoms with van der Waals surface area (Å²) in [5.74, 6) is -1.43. The van der Waals surface area contributed by atoms with Gasteiger partial charge in [0.15, 0.2) is 0 Å². The number of esters is 1. The lowest BCUT2D eigenvalue weighted by atomic mass is 10.1. The Kier molecular flexibility index (Phi) is 7.65. The fourth-order valence-electron chi connectivity index (χ4n) is 2.44. The predicted octanol–water partition coefficient (Wildman–Crippen LogP) is 1.80. The van der Waals surface area contributed by atoms with Crippen LogP contribution in [-0.4, -0.2) is 62.0 Å². The second-order valence-corrected chi connectivity index (χ2v) is 6.31. The van der Waals surface area contributed by atoms with Crippen LogP contribution in [0.5, 0.6) is 0 Å². The Balaban J connectivity index is 2.06. The molecule has 148 valence electrons. The first-order valence-electron chi connectivity index (χ1n) is 8.81. The van der Waals surface area contributed by atoms with E-state index in [1.165, 1.54) is 13.2 Å². The van der Waals surface area contributed by atoms with Crippen molar-refractivity contribution in [3.63, 3.8) is 0 Å². The zero-order valence-electron chi connectivity index (χ0n) is 16.2. The van der Waals surface area contributed by atoms with Gasteiger partial charge in [-0.2, -0.15) is 0 Å². The Bertz CT molecular complexity index is 852. The molecule has 8 nitrogen and oxygen atoms in total. The van der Waals surface area contributed by atoms with Crippen molar-refractivity contribution in [3.8, 4) is 0 Å². The molecule has 0 spiro atoms. The molecule has 8 heteroatoms. The molecule has 1 heterocycles. The molecule has 2 amide bonds. The molecule has 0 unspecified atom stereocenters. The number of ether oxygens (including phenoxy) is 1. The number of anilines is 1. The summed E-state index contributed by atoms with van der Waals surface area (Å²) < 4.78 is 4.71. The van der Waals surface area contributed by atoms with Crippen molar-refractivity contribution in [2.24, 2.45) is 0 Å². The second kappa shape index (κ2) is 10.2. The molecule has 0 bridgehead atoms. The van der Waals surface area contributed by atoms with Crippen LogP contribution in [0, 0.1) is 0 Å². The van der Waals surface area contributed by atoms with E-state index in [0.29, 0.717) is 12.2 Å². The first kappa shape index (κ1) is 21.0. The van der Waals surface area contributed by atoms with Crippen molar-refractivity contribution in [3.05, 3.63) is 59.4 Å². The summed E-state index contributed by atoms with van der Waals surface area (Å²) in [6.45, 7) is 1.37. The summed E-state index contributed by atoms with van der Waals surface area (Å²) in [5, 5.41) is 5.41. The molecular weight excluding hydrogens is 360 g/mol. The van der Waals surface area contributed by atoms with E-state index in [4.69, 9.17) is 4.74 Å². The topological polar surface area (TPSA) is 101 Å². The monoisotopic (exact) mass is 384 g/mol. The van der Waals surface area contributed by atoms with Crippen LogP contribution in [0.15, 0.2) is 42.5 Å². The van der Waals surface area contributed by atoms with Gasteiger partial charge in [0.05, 0.1) is 18.4 Å². The van der Waals surface area contributed by atoms with Gasteiger partial charge in [-0.25, -0.2) is 9.78 Å². The number of hydrogen-bond acceptors (Lipinski definition) is 6. The number of amides is 2. The first-order valence-corrected chi connectivity index (χ1v) is 8.81. The van der Waals surface area contributed by atoms with Gasteiger partial charge in [-0.15, -0.1) is 0 Å². The van der Waals surface area contributed by atoms with E-state index >= 15 is 0 Å². The van der Waals surface area contributed by atoms with Gasteiger partial charge < -0.3 is 20.3 Å². The van der Waals surface area contributed by atoms with Gasteiger partial charge >= 0.3 is 5.97 Å². The molecule has 0 saturated carbocycles. The Morgan fingerprint density at radius 1 is 1.00 bits per heavy atom. The average Bonchev–Trinajstić information content (AvgIpc) is 2.70. The van der Waals surface area contributed by atoms with Crippen LogP contribution in [-0.2, 0) is 4.74 Å². The highest BCUT2D eigenvalue weighted by Crippen LogP contribution is 2.17. The molecular formula is C20H24N4O4. The molecule has 1 aromatic carbocycles. The summed E-state index contributed by atoms with van der Waals surface area (Å²) in [7, 11) is 5.19. The number of nitrogens with one attached hydrogen (secondary N) is 2. The minimum atomic E-state index is -0.560. The predicted molar refractivity (Wildman–Crippen MR) is 105 cm³/mol. The van der Waals surface area contributed by atoms with E-state index in [0.717, 1.165) is 13.0 Å². The first-order chi connectivity index (χ1) is 13.4. The number of hydrogen-bond donors (Lipinski definition) is 2. The van der Waals surface area contributed by atoms with Gasteiger partial charge in [0, 0.05) is 6.54 Å². The number of aromatic nitrogens is 1. The quantitative estimate of drug-likeness (QED) is 0.532. The highest BCUT2D eigenvalue weighted by atomic mass is 16.5. The highest BCUT2D eigenvalue weighted by Gasteiger charge is 2.16. The standard InChI is InChI=1S/C20H24N4O4/c1-24(2)13-7-12-21-18(25)16-10-6-11-17(22-16)19(26)23-15-9-5-4-8-14(15)20(27)28-3/h4-6,8-11H,7,12-13H2,1-3H3,(H,21,25)(H,23,26). The van der Waals surface area contributed by atoms with E-state index in [1.54, 1.807) is 36.4 Å². The summed E-state index contributed by atoms with van der Waals surface area (Å²) >= 11 is 0. The second-order valence-electron chi connectivity index (χ2n) is 6.31. The van der Waals surface area contributed by atoms with Gasteiger partial charge in [0.1, 0.15) is 11.4 Å². The molecule has 28 heavy (non-hydrogen) atoms. The van der Waals surface area contributed by atoms with E-state index in [9.17, 15) is 14.4 Å². The van der Waals surface area contributed by atoms with Crippen molar-refractivity contribution >= 4 is 23.5 Å². The number of carbonyl (C=O) groups excluding carboxylic acids is 3. The van der Waals surface area contributed by atoms with Gasteiger partial charge in [-0.3, -0.25) is 9.59 Å². The SMILES string of the molecule is COC(=O)c1ccccc1NC(=O)c1cccc(C(=O)NCCCN(C)C)n1. The normalized spacial score (nSPS) is 10.4. The largest absolute Gasteiger partial charge is 0.465 e. The summed E-state index contributed by atoms with van der Waals surface area (Å²) in [6, 6.07) is 11.1. The fourth-order valence-corrected chi connectivity index (χ4v) is 2.44. The molecule has 0 radical (unpaired) electrons. The number of benzene rings is 1. The molecule has 0 aliphatic carbocycles. The molecule has 2 N–H and O–H groups in total. The zero-order chi connectivity index (χ0) is 20.5. The van der Waals surface area contributed by atoms with Crippen LogP contribution in [0.4, 0.5) is 5.69 Å². The number of methoxy groups -OCH3 is 1. The van der Waals surface area contributed by atoms with Gasteiger partial charge in [-0.05, 0) is 51.3 Å². The Labute approximate surface area is 163 Å². The molecule has 0 fully saturated rings. The van der Waals surface area contributed by atoms with Crippen molar-refractivity contribution in [2.45, 2.75) is 6.42 Å². The van der Waals surface area contributed by atoms with Crippen molar-refractivity contribution in [2.75, 3.05) is 39.6 Å². The maximum absolute atomic E-state index is 12.5. The Morgan fingerprint density at radius 3 is 2.36 bits per heavy atom.